The van der Waals surface area contributed by atoms with Crippen molar-refractivity contribution in [1.29, 1.82) is 0 Å². The predicted octanol–water partition coefficient (Wildman–Crippen LogP) is 5.27. The molecule has 0 heterocycles. The monoisotopic (exact) mass is 541 g/mol. The van der Waals surface area contributed by atoms with E-state index in [1.807, 2.05) is 13.0 Å². The molecule has 1 atom stereocenters. The summed E-state index contributed by atoms with van der Waals surface area (Å²) in [7, 11) is 0. The van der Waals surface area contributed by atoms with Crippen LogP contribution in [0.2, 0.25) is 0 Å². The number of hydrogen-bond acceptors (Lipinski definition) is 6. The number of aryl methyl sites for hydroxylation is 1. The van der Waals surface area contributed by atoms with Crippen LogP contribution in [0.5, 0.6) is 11.5 Å². The Hall–Kier alpha value is -3.31. The van der Waals surface area contributed by atoms with Crippen molar-refractivity contribution >= 4 is 12.1 Å². The standard InChI is InChI=1S/C27H34F3NO7/c1-3-36-24(25(32)33)19-21-8-10-22(11-9-21)37-17-14-31(13-16-35-15-5-12-27(28,29)30)26(34)38-23-7-4-6-20(2)18-23/h4,6-11,18,24H,3,5,12-17,19H2,1-2H3,(H,32,33). The molecule has 1 amide bonds. The molecular weight excluding hydrogens is 507 g/mol. The molecule has 2 aromatic rings. The minimum Gasteiger partial charge on any atom is -0.492 e. The third-order valence-corrected chi connectivity index (χ3v) is 5.33. The van der Waals surface area contributed by atoms with Crippen molar-refractivity contribution < 1.29 is 46.8 Å². The van der Waals surface area contributed by atoms with Gasteiger partial charge in [0.15, 0.2) is 6.10 Å². The maximum Gasteiger partial charge on any atom is 0.415 e. The number of carbonyl (C=O) groups excluding carboxylic acids is 1. The van der Waals surface area contributed by atoms with Gasteiger partial charge in [-0.2, -0.15) is 13.2 Å². The maximum atomic E-state index is 12.8. The number of benzene rings is 2. The van der Waals surface area contributed by atoms with Crippen LogP contribution in [0, 0.1) is 6.92 Å². The summed E-state index contributed by atoms with van der Waals surface area (Å²) < 4.78 is 58.5. The van der Waals surface area contributed by atoms with Crippen molar-refractivity contribution in [1.82, 2.24) is 4.90 Å². The lowest BCUT2D eigenvalue weighted by Crippen LogP contribution is -2.39. The Morgan fingerprint density at radius 3 is 2.34 bits per heavy atom. The number of hydrogen-bond donors (Lipinski definition) is 1. The van der Waals surface area contributed by atoms with E-state index in [1.54, 1.807) is 49.4 Å². The molecule has 0 radical (unpaired) electrons. The summed E-state index contributed by atoms with van der Waals surface area (Å²) in [5.74, 6) is -0.143. The molecule has 0 aromatic heterocycles. The van der Waals surface area contributed by atoms with E-state index >= 15 is 0 Å². The molecule has 11 heteroatoms. The van der Waals surface area contributed by atoms with Crippen molar-refractivity contribution in [3.8, 4) is 11.5 Å². The van der Waals surface area contributed by atoms with E-state index in [1.165, 1.54) is 4.90 Å². The van der Waals surface area contributed by atoms with Gasteiger partial charge in [-0.25, -0.2) is 9.59 Å². The Labute approximate surface area is 220 Å². The van der Waals surface area contributed by atoms with E-state index in [-0.39, 0.29) is 45.8 Å². The summed E-state index contributed by atoms with van der Waals surface area (Å²) in [6, 6.07) is 13.8. The minimum atomic E-state index is -4.23. The first kappa shape index (κ1) is 30.9. The van der Waals surface area contributed by atoms with Gasteiger partial charge in [0.05, 0.1) is 13.2 Å². The van der Waals surface area contributed by atoms with Gasteiger partial charge < -0.3 is 29.0 Å². The molecular formula is C27H34F3NO7. The first-order valence-corrected chi connectivity index (χ1v) is 12.3. The van der Waals surface area contributed by atoms with E-state index in [9.17, 15) is 27.9 Å². The van der Waals surface area contributed by atoms with E-state index in [4.69, 9.17) is 18.9 Å². The van der Waals surface area contributed by atoms with Crippen LogP contribution < -0.4 is 9.47 Å². The molecule has 210 valence electrons. The van der Waals surface area contributed by atoms with E-state index in [0.717, 1.165) is 11.1 Å². The average molecular weight is 542 g/mol. The second-order valence-corrected chi connectivity index (χ2v) is 8.48. The second kappa shape index (κ2) is 15.8. The molecule has 1 unspecified atom stereocenters. The average Bonchev–Trinajstić information content (AvgIpc) is 2.85. The molecule has 0 aliphatic heterocycles. The van der Waals surface area contributed by atoms with Crippen molar-refractivity contribution in [3.63, 3.8) is 0 Å². The molecule has 38 heavy (non-hydrogen) atoms. The Morgan fingerprint density at radius 2 is 1.71 bits per heavy atom. The van der Waals surface area contributed by atoms with Gasteiger partial charge in [-0.3, -0.25) is 0 Å². The van der Waals surface area contributed by atoms with Crippen LogP contribution in [0.15, 0.2) is 48.5 Å². The summed E-state index contributed by atoms with van der Waals surface area (Å²) >= 11 is 0. The van der Waals surface area contributed by atoms with Gasteiger partial charge in [-0.1, -0.05) is 24.3 Å². The Morgan fingerprint density at radius 1 is 1.00 bits per heavy atom. The topological polar surface area (TPSA) is 94.5 Å². The first-order valence-electron chi connectivity index (χ1n) is 12.3. The lowest BCUT2D eigenvalue weighted by Gasteiger charge is -2.22. The van der Waals surface area contributed by atoms with Gasteiger partial charge in [-0.15, -0.1) is 0 Å². The third-order valence-electron chi connectivity index (χ3n) is 5.33. The van der Waals surface area contributed by atoms with E-state index in [2.05, 4.69) is 0 Å². The highest BCUT2D eigenvalue weighted by atomic mass is 19.4. The Balaban J connectivity index is 1.89. The Bertz CT molecular complexity index is 999. The molecule has 0 saturated heterocycles. The van der Waals surface area contributed by atoms with Crippen molar-refractivity contribution in [2.24, 2.45) is 0 Å². The first-order chi connectivity index (χ1) is 18.1. The third kappa shape index (κ3) is 12.3. The zero-order chi connectivity index (χ0) is 28.0. The molecule has 0 saturated carbocycles. The van der Waals surface area contributed by atoms with Gasteiger partial charge in [0, 0.05) is 32.6 Å². The fourth-order valence-corrected chi connectivity index (χ4v) is 3.42. The van der Waals surface area contributed by atoms with Crippen molar-refractivity contribution in [3.05, 3.63) is 59.7 Å². The smallest absolute Gasteiger partial charge is 0.415 e. The molecule has 0 aliphatic carbocycles. The summed E-state index contributed by atoms with van der Waals surface area (Å²) in [5.41, 5.74) is 1.68. The summed E-state index contributed by atoms with van der Waals surface area (Å²) in [4.78, 5) is 25.4. The number of rotatable bonds is 16. The zero-order valence-corrected chi connectivity index (χ0v) is 21.5. The van der Waals surface area contributed by atoms with Crippen LogP contribution in [0.25, 0.3) is 0 Å². The largest absolute Gasteiger partial charge is 0.492 e. The molecule has 0 spiro atoms. The SMILES string of the molecule is CCOC(Cc1ccc(OCCN(CCOCCCC(F)(F)F)C(=O)Oc2cccc(C)c2)cc1)C(=O)O. The number of carbonyl (C=O) groups is 2. The summed E-state index contributed by atoms with van der Waals surface area (Å²) in [6.07, 6.45) is -6.68. The van der Waals surface area contributed by atoms with E-state index in [0.29, 0.717) is 18.1 Å². The number of ether oxygens (including phenoxy) is 4. The maximum absolute atomic E-state index is 12.8. The van der Waals surface area contributed by atoms with Crippen LogP contribution in [-0.2, 0) is 20.7 Å². The second-order valence-electron chi connectivity index (χ2n) is 8.48. The predicted molar refractivity (Wildman–Crippen MR) is 134 cm³/mol. The molecule has 1 N–H and O–H groups in total. The molecule has 0 aliphatic rings. The van der Waals surface area contributed by atoms with Crippen LogP contribution in [-0.4, -0.2) is 73.9 Å². The number of carboxylic acid groups (broad SMARTS) is 1. The minimum absolute atomic E-state index is 0.0417. The van der Waals surface area contributed by atoms with Gasteiger partial charge in [-0.05, 0) is 55.7 Å². The van der Waals surface area contributed by atoms with Gasteiger partial charge in [0.1, 0.15) is 18.1 Å². The lowest BCUT2D eigenvalue weighted by atomic mass is 10.1. The van der Waals surface area contributed by atoms with Crippen LogP contribution in [0.3, 0.4) is 0 Å². The number of carboxylic acids is 1. The highest BCUT2D eigenvalue weighted by Crippen LogP contribution is 2.21. The lowest BCUT2D eigenvalue weighted by molar-refractivity contribution is -0.150. The summed E-state index contributed by atoms with van der Waals surface area (Å²) in [5, 5.41) is 9.23. The van der Waals surface area contributed by atoms with Crippen molar-refractivity contribution in [2.45, 2.75) is 45.4 Å². The van der Waals surface area contributed by atoms with Crippen LogP contribution in [0.4, 0.5) is 18.0 Å². The van der Waals surface area contributed by atoms with Crippen molar-refractivity contribution in [2.75, 3.05) is 39.5 Å². The fourth-order valence-electron chi connectivity index (χ4n) is 3.42. The number of halogens is 3. The number of alkyl halides is 3. The molecule has 0 fully saturated rings. The van der Waals surface area contributed by atoms with Crippen LogP contribution >= 0.6 is 0 Å². The number of amides is 1. The number of aliphatic carboxylic acids is 1. The normalized spacial score (nSPS) is 12.1. The quantitative estimate of drug-likeness (QED) is 0.290. The summed E-state index contributed by atoms with van der Waals surface area (Å²) in [6.45, 7) is 4.22. The number of nitrogens with zero attached hydrogens (tertiary/aromatic N) is 1. The zero-order valence-electron chi connectivity index (χ0n) is 21.5. The van der Waals surface area contributed by atoms with Gasteiger partial charge >= 0.3 is 18.2 Å². The van der Waals surface area contributed by atoms with E-state index < -0.39 is 30.8 Å². The van der Waals surface area contributed by atoms with Gasteiger partial charge in [0.2, 0.25) is 0 Å². The van der Waals surface area contributed by atoms with Gasteiger partial charge in [0.25, 0.3) is 0 Å². The fraction of sp³-hybridized carbons (Fsp3) is 0.481. The Kier molecular flexibility index (Phi) is 12.9. The molecule has 0 bridgehead atoms. The molecule has 2 aromatic carbocycles. The molecule has 2 rings (SSSR count). The highest BCUT2D eigenvalue weighted by molar-refractivity contribution is 5.72. The van der Waals surface area contributed by atoms with Crippen LogP contribution in [0.1, 0.15) is 30.9 Å². The molecule has 8 nitrogen and oxygen atoms in total. The highest BCUT2D eigenvalue weighted by Gasteiger charge is 2.26.